The van der Waals surface area contributed by atoms with Crippen molar-refractivity contribution in [2.24, 2.45) is 0 Å². The fourth-order valence-corrected chi connectivity index (χ4v) is 3.09. The number of rotatable bonds is 4. The second-order valence-electron chi connectivity index (χ2n) is 5.20. The van der Waals surface area contributed by atoms with Crippen LogP contribution >= 0.6 is 0 Å². The van der Waals surface area contributed by atoms with Gasteiger partial charge < -0.3 is 10.6 Å². The Balaban J connectivity index is 2.40. The lowest BCUT2D eigenvalue weighted by Crippen LogP contribution is -2.37. The van der Waals surface area contributed by atoms with Crippen LogP contribution < -0.4 is 10.6 Å². The van der Waals surface area contributed by atoms with Crippen molar-refractivity contribution in [1.82, 2.24) is 4.31 Å². The van der Waals surface area contributed by atoms with Crippen molar-refractivity contribution in [2.75, 3.05) is 31.8 Å². The van der Waals surface area contributed by atoms with Crippen LogP contribution in [0.25, 0.3) is 0 Å². The van der Waals surface area contributed by atoms with E-state index in [0.29, 0.717) is 11.7 Å². The number of nitrogen functional groups attached to an aromatic ring is 1. The van der Waals surface area contributed by atoms with Gasteiger partial charge in [0.15, 0.2) is 0 Å². The van der Waals surface area contributed by atoms with E-state index in [1.165, 1.54) is 24.8 Å². The fraction of sp³-hybridized carbons (Fsp3) is 0.538. The summed E-state index contributed by atoms with van der Waals surface area (Å²) in [7, 11) is 1.62. The summed E-state index contributed by atoms with van der Waals surface area (Å²) in [4.78, 5) is 2.38. The van der Waals surface area contributed by atoms with E-state index in [1.807, 2.05) is 7.05 Å². The lowest BCUT2D eigenvalue weighted by molar-refractivity contribution is 0.401. The number of sulfonamides is 1. The first-order valence-electron chi connectivity index (χ1n) is 6.39. The Labute approximate surface area is 115 Å². The van der Waals surface area contributed by atoms with E-state index in [2.05, 4.69) is 4.90 Å². The van der Waals surface area contributed by atoms with Crippen molar-refractivity contribution in [3.63, 3.8) is 0 Å². The van der Waals surface area contributed by atoms with Gasteiger partial charge in [0, 0.05) is 27.2 Å². The standard InChI is InChI=1S/C13H21N3O2S/c1-15(2)19(17,18)11-7-8-12(14)13(9-11)16(3)10-5-4-6-10/h7-10H,4-6,14H2,1-3H3. The van der Waals surface area contributed by atoms with Crippen LogP contribution in [-0.2, 0) is 10.0 Å². The number of hydrogen-bond donors (Lipinski definition) is 1. The van der Waals surface area contributed by atoms with Gasteiger partial charge in [0.2, 0.25) is 10.0 Å². The molecule has 0 bridgehead atoms. The largest absolute Gasteiger partial charge is 0.397 e. The van der Waals surface area contributed by atoms with Crippen LogP contribution in [0.3, 0.4) is 0 Å². The molecule has 1 aliphatic rings. The topological polar surface area (TPSA) is 66.6 Å². The SMILES string of the molecule is CN(c1cc(S(=O)(=O)N(C)C)ccc1N)C1CCC1. The molecule has 0 spiro atoms. The molecule has 1 aromatic carbocycles. The summed E-state index contributed by atoms with van der Waals surface area (Å²) in [5.74, 6) is 0. The molecular weight excluding hydrogens is 262 g/mol. The van der Waals surface area contributed by atoms with E-state index in [0.717, 1.165) is 18.5 Å². The molecular formula is C13H21N3O2S. The molecule has 1 saturated carbocycles. The fourth-order valence-electron chi connectivity index (χ4n) is 2.17. The average molecular weight is 283 g/mol. The van der Waals surface area contributed by atoms with Crippen molar-refractivity contribution in [1.29, 1.82) is 0 Å². The summed E-state index contributed by atoms with van der Waals surface area (Å²) < 4.78 is 25.5. The van der Waals surface area contributed by atoms with Crippen LogP contribution in [0.2, 0.25) is 0 Å². The van der Waals surface area contributed by atoms with Gasteiger partial charge in [-0.1, -0.05) is 0 Å². The van der Waals surface area contributed by atoms with Crippen LogP contribution in [0.4, 0.5) is 11.4 Å². The van der Waals surface area contributed by atoms with Crippen LogP contribution in [0.5, 0.6) is 0 Å². The van der Waals surface area contributed by atoms with E-state index in [1.54, 1.807) is 18.2 Å². The van der Waals surface area contributed by atoms with Gasteiger partial charge in [0.1, 0.15) is 0 Å². The average Bonchev–Trinajstić information content (AvgIpc) is 2.26. The molecule has 0 atom stereocenters. The van der Waals surface area contributed by atoms with Crippen molar-refractivity contribution in [2.45, 2.75) is 30.2 Å². The summed E-state index contributed by atoms with van der Waals surface area (Å²) in [6, 6.07) is 5.37. The van der Waals surface area contributed by atoms with Gasteiger partial charge in [-0.3, -0.25) is 0 Å². The summed E-state index contributed by atoms with van der Waals surface area (Å²) in [5, 5.41) is 0. The highest BCUT2D eigenvalue weighted by molar-refractivity contribution is 7.89. The van der Waals surface area contributed by atoms with Crippen LogP contribution in [0.1, 0.15) is 19.3 Å². The predicted octanol–water partition coefficient (Wildman–Crippen LogP) is 1.51. The number of anilines is 2. The Hall–Kier alpha value is -1.27. The van der Waals surface area contributed by atoms with Crippen LogP contribution in [0, 0.1) is 0 Å². The number of hydrogen-bond acceptors (Lipinski definition) is 4. The molecule has 1 aromatic rings. The highest BCUT2D eigenvalue weighted by Crippen LogP contribution is 2.33. The van der Waals surface area contributed by atoms with Crippen molar-refractivity contribution < 1.29 is 8.42 Å². The minimum absolute atomic E-state index is 0.285. The third kappa shape index (κ3) is 2.55. The molecule has 1 fully saturated rings. The molecule has 1 aliphatic carbocycles. The van der Waals surface area contributed by atoms with Gasteiger partial charge in [-0.15, -0.1) is 0 Å². The molecule has 6 heteroatoms. The Morgan fingerprint density at radius 2 is 1.84 bits per heavy atom. The molecule has 0 heterocycles. The molecule has 0 saturated heterocycles. The van der Waals surface area contributed by atoms with Gasteiger partial charge in [-0.25, -0.2) is 12.7 Å². The first-order valence-corrected chi connectivity index (χ1v) is 7.83. The van der Waals surface area contributed by atoms with E-state index in [4.69, 9.17) is 5.73 Å². The summed E-state index contributed by atoms with van der Waals surface area (Å²) in [6.45, 7) is 0. The molecule has 0 aliphatic heterocycles. The maximum atomic E-state index is 12.1. The Morgan fingerprint density at radius 1 is 1.21 bits per heavy atom. The molecule has 106 valence electrons. The van der Waals surface area contributed by atoms with Crippen molar-refractivity contribution in [3.05, 3.63) is 18.2 Å². The maximum absolute atomic E-state index is 12.1. The van der Waals surface area contributed by atoms with Crippen molar-refractivity contribution >= 4 is 21.4 Å². The molecule has 19 heavy (non-hydrogen) atoms. The summed E-state index contributed by atoms with van der Waals surface area (Å²) >= 11 is 0. The second kappa shape index (κ2) is 5.02. The molecule has 0 amide bonds. The Kier molecular flexibility index (Phi) is 3.73. The van der Waals surface area contributed by atoms with E-state index < -0.39 is 10.0 Å². The highest BCUT2D eigenvalue weighted by atomic mass is 32.2. The second-order valence-corrected chi connectivity index (χ2v) is 7.36. The normalized spacial score (nSPS) is 16.4. The zero-order chi connectivity index (χ0) is 14.2. The molecule has 5 nitrogen and oxygen atoms in total. The summed E-state index contributed by atoms with van der Waals surface area (Å²) in [6.07, 6.45) is 3.51. The lowest BCUT2D eigenvalue weighted by atomic mass is 9.91. The number of nitrogens with zero attached hydrogens (tertiary/aromatic N) is 2. The molecule has 0 aromatic heterocycles. The number of benzene rings is 1. The monoisotopic (exact) mass is 283 g/mol. The quantitative estimate of drug-likeness (QED) is 0.851. The van der Waals surface area contributed by atoms with E-state index >= 15 is 0 Å². The highest BCUT2D eigenvalue weighted by Gasteiger charge is 2.25. The lowest BCUT2D eigenvalue weighted by Gasteiger charge is -2.37. The van der Waals surface area contributed by atoms with Crippen molar-refractivity contribution in [3.8, 4) is 0 Å². The molecule has 2 N–H and O–H groups in total. The summed E-state index contributed by atoms with van der Waals surface area (Å²) in [5.41, 5.74) is 7.39. The number of nitrogens with two attached hydrogens (primary N) is 1. The zero-order valence-corrected chi connectivity index (χ0v) is 12.4. The first kappa shape index (κ1) is 14.1. The Bertz CT molecular complexity index is 565. The Morgan fingerprint density at radius 3 is 2.32 bits per heavy atom. The van der Waals surface area contributed by atoms with Gasteiger partial charge in [-0.2, -0.15) is 0 Å². The first-order chi connectivity index (χ1) is 8.84. The van der Waals surface area contributed by atoms with Crippen LogP contribution in [-0.4, -0.2) is 39.9 Å². The van der Waals surface area contributed by atoms with Gasteiger partial charge >= 0.3 is 0 Å². The van der Waals surface area contributed by atoms with E-state index in [-0.39, 0.29) is 4.90 Å². The van der Waals surface area contributed by atoms with Crippen LogP contribution in [0.15, 0.2) is 23.1 Å². The molecule has 2 rings (SSSR count). The minimum Gasteiger partial charge on any atom is -0.397 e. The zero-order valence-electron chi connectivity index (χ0n) is 11.6. The van der Waals surface area contributed by atoms with Gasteiger partial charge in [-0.05, 0) is 37.5 Å². The maximum Gasteiger partial charge on any atom is 0.242 e. The van der Waals surface area contributed by atoms with E-state index in [9.17, 15) is 8.42 Å². The predicted molar refractivity (Wildman–Crippen MR) is 77.8 cm³/mol. The third-order valence-electron chi connectivity index (χ3n) is 3.78. The van der Waals surface area contributed by atoms with Gasteiger partial charge in [0.25, 0.3) is 0 Å². The molecule has 0 radical (unpaired) electrons. The third-order valence-corrected chi connectivity index (χ3v) is 5.59. The smallest absolute Gasteiger partial charge is 0.242 e. The van der Waals surface area contributed by atoms with Gasteiger partial charge in [0.05, 0.1) is 16.3 Å². The minimum atomic E-state index is -3.41. The molecule has 0 unspecified atom stereocenters.